The second-order valence-corrected chi connectivity index (χ2v) is 3.46. The van der Waals surface area contributed by atoms with Crippen LogP contribution in [0.3, 0.4) is 0 Å². The Labute approximate surface area is 89.3 Å². The molecule has 0 saturated carbocycles. The summed E-state index contributed by atoms with van der Waals surface area (Å²) >= 11 is 0. The van der Waals surface area contributed by atoms with E-state index in [-0.39, 0.29) is 24.5 Å². The summed E-state index contributed by atoms with van der Waals surface area (Å²) in [5.41, 5.74) is 0. The number of hydrogen-bond acceptors (Lipinski definition) is 5. The summed E-state index contributed by atoms with van der Waals surface area (Å²) in [5, 5.41) is 0. The van der Waals surface area contributed by atoms with Gasteiger partial charge in [-0.2, -0.15) is 0 Å². The van der Waals surface area contributed by atoms with E-state index in [1.807, 2.05) is 4.90 Å². The molecule has 0 amide bonds. The Bertz CT molecular complexity index is 242. The van der Waals surface area contributed by atoms with Gasteiger partial charge in [0.15, 0.2) is 0 Å². The van der Waals surface area contributed by atoms with Gasteiger partial charge < -0.3 is 9.47 Å². The van der Waals surface area contributed by atoms with Gasteiger partial charge in [-0.05, 0) is 26.3 Å². The number of carbonyl (C=O) groups excluding carboxylic acids is 2. The Morgan fingerprint density at radius 3 is 2.80 bits per heavy atom. The lowest BCUT2D eigenvalue weighted by Crippen LogP contribution is -2.40. The van der Waals surface area contributed by atoms with E-state index < -0.39 is 0 Å². The standard InChI is InChI=1S/C10H17NO4/c1-3-15-9(12)7-11-6-4-5-8(11)10(13)14-2/h8H,3-7H2,1-2H3. The number of rotatable bonds is 4. The van der Waals surface area contributed by atoms with Crippen LogP contribution in [-0.4, -0.2) is 49.7 Å². The maximum Gasteiger partial charge on any atom is 0.323 e. The van der Waals surface area contributed by atoms with E-state index in [1.54, 1.807) is 6.92 Å². The molecule has 0 aromatic carbocycles. The van der Waals surface area contributed by atoms with Crippen LogP contribution in [0.2, 0.25) is 0 Å². The zero-order valence-electron chi connectivity index (χ0n) is 9.19. The molecule has 0 aromatic heterocycles. The summed E-state index contributed by atoms with van der Waals surface area (Å²) < 4.78 is 9.51. The van der Waals surface area contributed by atoms with Crippen molar-refractivity contribution in [2.45, 2.75) is 25.8 Å². The summed E-state index contributed by atoms with van der Waals surface area (Å²) in [5.74, 6) is -0.551. The fourth-order valence-electron chi connectivity index (χ4n) is 1.79. The Morgan fingerprint density at radius 2 is 2.20 bits per heavy atom. The molecule has 1 aliphatic rings. The van der Waals surface area contributed by atoms with Crippen molar-refractivity contribution in [2.75, 3.05) is 26.8 Å². The highest BCUT2D eigenvalue weighted by Crippen LogP contribution is 2.17. The number of carbonyl (C=O) groups is 2. The van der Waals surface area contributed by atoms with Crippen molar-refractivity contribution in [1.29, 1.82) is 0 Å². The third kappa shape index (κ3) is 3.20. The van der Waals surface area contributed by atoms with Gasteiger partial charge in [0.05, 0.1) is 20.3 Å². The van der Waals surface area contributed by atoms with Gasteiger partial charge in [0.1, 0.15) is 6.04 Å². The first kappa shape index (κ1) is 12.0. The molecule has 5 nitrogen and oxygen atoms in total. The SMILES string of the molecule is CCOC(=O)CN1CCCC1C(=O)OC. The summed E-state index contributed by atoms with van der Waals surface area (Å²) in [6, 6.07) is -0.278. The van der Waals surface area contributed by atoms with E-state index in [2.05, 4.69) is 4.74 Å². The molecule has 5 heteroatoms. The van der Waals surface area contributed by atoms with E-state index in [0.717, 1.165) is 19.4 Å². The van der Waals surface area contributed by atoms with Gasteiger partial charge in [-0.25, -0.2) is 0 Å². The number of hydrogen-bond donors (Lipinski definition) is 0. The lowest BCUT2D eigenvalue weighted by Gasteiger charge is -2.20. The predicted octanol–water partition coefficient (Wildman–Crippen LogP) is 0.187. The number of likely N-dealkylation sites (tertiary alicyclic amines) is 1. The van der Waals surface area contributed by atoms with Gasteiger partial charge in [-0.1, -0.05) is 0 Å². The minimum absolute atomic E-state index is 0.174. The third-order valence-corrected chi connectivity index (χ3v) is 2.47. The van der Waals surface area contributed by atoms with Crippen molar-refractivity contribution in [2.24, 2.45) is 0 Å². The maximum absolute atomic E-state index is 11.3. The van der Waals surface area contributed by atoms with E-state index in [9.17, 15) is 9.59 Å². The van der Waals surface area contributed by atoms with Crippen LogP contribution in [-0.2, 0) is 19.1 Å². The molecular weight excluding hydrogens is 198 g/mol. The van der Waals surface area contributed by atoms with Crippen molar-refractivity contribution in [3.63, 3.8) is 0 Å². The third-order valence-electron chi connectivity index (χ3n) is 2.47. The quantitative estimate of drug-likeness (QED) is 0.626. The molecule has 1 aliphatic heterocycles. The molecular formula is C10H17NO4. The van der Waals surface area contributed by atoms with Gasteiger partial charge in [0.2, 0.25) is 0 Å². The molecule has 1 atom stereocenters. The number of ether oxygens (including phenoxy) is 2. The van der Waals surface area contributed by atoms with Crippen LogP contribution in [0.25, 0.3) is 0 Å². The van der Waals surface area contributed by atoms with Crippen LogP contribution in [0.4, 0.5) is 0 Å². The molecule has 1 unspecified atom stereocenters. The summed E-state index contributed by atoms with van der Waals surface area (Å²) in [7, 11) is 1.36. The van der Waals surface area contributed by atoms with Crippen molar-refractivity contribution in [1.82, 2.24) is 4.90 Å². The molecule has 86 valence electrons. The Hall–Kier alpha value is -1.10. The van der Waals surface area contributed by atoms with Crippen LogP contribution in [0.1, 0.15) is 19.8 Å². The van der Waals surface area contributed by atoms with Crippen LogP contribution < -0.4 is 0 Å². The van der Waals surface area contributed by atoms with E-state index in [0.29, 0.717) is 6.61 Å². The summed E-state index contributed by atoms with van der Waals surface area (Å²) in [6.07, 6.45) is 1.67. The van der Waals surface area contributed by atoms with Gasteiger partial charge in [0.25, 0.3) is 0 Å². The highest BCUT2D eigenvalue weighted by Gasteiger charge is 2.32. The minimum Gasteiger partial charge on any atom is -0.468 e. The Morgan fingerprint density at radius 1 is 1.47 bits per heavy atom. The number of esters is 2. The number of nitrogens with zero attached hydrogens (tertiary/aromatic N) is 1. The molecule has 0 radical (unpaired) electrons. The first-order valence-electron chi connectivity index (χ1n) is 5.16. The molecule has 1 heterocycles. The van der Waals surface area contributed by atoms with E-state index in [4.69, 9.17) is 4.74 Å². The molecule has 0 N–H and O–H groups in total. The average molecular weight is 215 g/mol. The molecule has 15 heavy (non-hydrogen) atoms. The van der Waals surface area contributed by atoms with Gasteiger partial charge >= 0.3 is 11.9 Å². The molecule has 1 rings (SSSR count). The van der Waals surface area contributed by atoms with Crippen LogP contribution in [0.15, 0.2) is 0 Å². The zero-order valence-corrected chi connectivity index (χ0v) is 9.19. The average Bonchev–Trinajstić information content (AvgIpc) is 2.65. The fraction of sp³-hybridized carbons (Fsp3) is 0.800. The van der Waals surface area contributed by atoms with Crippen LogP contribution in [0, 0.1) is 0 Å². The highest BCUT2D eigenvalue weighted by atomic mass is 16.5. The normalized spacial score (nSPS) is 21.3. The molecule has 1 fully saturated rings. The lowest BCUT2D eigenvalue weighted by atomic mass is 10.2. The van der Waals surface area contributed by atoms with Crippen molar-refractivity contribution < 1.29 is 19.1 Å². The van der Waals surface area contributed by atoms with Crippen molar-refractivity contribution >= 4 is 11.9 Å². The number of methoxy groups -OCH3 is 1. The fourth-order valence-corrected chi connectivity index (χ4v) is 1.79. The van der Waals surface area contributed by atoms with Crippen LogP contribution >= 0.6 is 0 Å². The first-order valence-corrected chi connectivity index (χ1v) is 5.16. The summed E-state index contributed by atoms with van der Waals surface area (Å²) in [4.78, 5) is 24.4. The molecule has 0 aromatic rings. The molecule has 1 saturated heterocycles. The topological polar surface area (TPSA) is 55.8 Å². The van der Waals surface area contributed by atoms with Gasteiger partial charge in [0, 0.05) is 0 Å². The van der Waals surface area contributed by atoms with Crippen molar-refractivity contribution in [3.8, 4) is 0 Å². The van der Waals surface area contributed by atoms with E-state index in [1.165, 1.54) is 7.11 Å². The molecule has 0 spiro atoms. The Kier molecular flexibility index (Phi) is 4.55. The molecule has 0 bridgehead atoms. The van der Waals surface area contributed by atoms with Gasteiger partial charge in [-0.3, -0.25) is 14.5 Å². The summed E-state index contributed by atoms with van der Waals surface area (Å²) in [6.45, 7) is 3.06. The zero-order chi connectivity index (χ0) is 11.3. The van der Waals surface area contributed by atoms with Crippen LogP contribution in [0.5, 0.6) is 0 Å². The lowest BCUT2D eigenvalue weighted by molar-refractivity contribution is -0.149. The second-order valence-electron chi connectivity index (χ2n) is 3.46. The van der Waals surface area contributed by atoms with E-state index >= 15 is 0 Å². The molecule has 0 aliphatic carbocycles. The Balaban J connectivity index is 2.46. The minimum atomic E-state index is -0.284. The van der Waals surface area contributed by atoms with Crippen molar-refractivity contribution in [3.05, 3.63) is 0 Å². The first-order chi connectivity index (χ1) is 7.19. The highest BCUT2D eigenvalue weighted by molar-refractivity contribution is 5.78. The smallest absolute Gasteiger partial charge is 0.323 e. The largest absolute Gasteiger partial charge is 0.468 e. The predicted molar refractivity (Wildman–Crippen MR) is 53.2 cm³/mol. The second kappa shape index (κ2) is 5.70. The maximum atomic E-state index is 11.3. The van der Waals surface area contributed by atoms with Gasteiger partial charge in [-0.15, -0.1) is 0 Å². The monoisotopic (exact) mass is 215 g/mol.